The van der Waals surface area contributed by atoms with Crippen LogP contribution in [0.1, 0.15) is 79.1 Å². The summed E-state index contributed by atoms with van der Waals surface area (Å²) in [4.78, 5) is 13.2. The van der Waals surface area contributed by atoms with Crippen molar-refractivity contribution in [1.29, 1.82) is 0 Å². The van der Waals surface area contributed by atoms with E-state index in [0.717, 1.165) is 24.3 Å². The van der Waals surface area contributed by atoms with E-state index in [9.17, 15) is 45.6 Å². The third kappa shape index (κ3) is 4.79. The molecule has 2 heterocycles. The average molecular weight is 611 g/mol. The minimum atomic E-state index is -1.20. The molecule has 1 fully saturated rings. The first-order chi connectivity index (χ1) is 20.6. The minimum absolute atomic E-state index is 0.111. The second-order valence-corrected chi connectivity index (χ2v) is 12.7. The molecule has 0 radical (unpaired) electrons. The number of ether oxygens (including phenoxy) is 3. The topological polar surface area (TPSA) is 207 Å². The summed E-state index contributed by atoms with van der Waals surface area (Å²) in [5.41, 5.74) is -0.809. The molecule has 234 valence electrons. The maximum atomic E-state index is 13.2. The van der Waals surface area contributed by atoms with Gasteiger partial charge in [-0.05, 0) is 70.2 Å². The fourth-order valence-corrected chi connectivity index (χ4v) is 6.94. The van der Waals surface area contributed by atoms with Crippen LogP contribution in [0.4, 0.5) is 0 Å². The highest BCUT2D eigenvalue weighted by Crippen LogP contribution is 2.60. The highest BCUT2D eigenvalue weighted by Gasteiger charge is 2.52. The molecule has 12 nitrogen and oxygen atoms in total. The summed E-state index contributed by atoms with van der Waals surface area (Å²) in [5, 5.41) is 82.4. The summed E-state index contributed by atoms with van der Waals surface area (Å²) in [6.45, 7) is 5.49. The van der Waals surface area contributed by atoms with Crippen molar-refractivity contribution < 1.29 is 59.9 Å². The molecule has 0 amide bonds. The van der Waals surface area contributed by atoms with Crippen molar-refractivity contribution in [2.24, 2.45) is 5.92 Å². The van der Waals surface area contributed by atoms with E-state index >= 15 is 0 Å². The van der Waals surface area contributed by atoms with Crippen LogP contribution < -0.4 is 9.47 Å². The Kier molecular flexibility index (Phi) is 6.62. The van der Waals surface area contributed by atoms with E-state index in [4.69, 9.17) is 14.2 Å². The molecule has 0 unspecified atom stereocenters. The number of phenols is 7. The number of benzene rings is 3. The van der Waals surface area contributed by atoms with Gasteiger partial charge in [0.25, 0.3) is 0 Å². The van der Waals surface area contributed by atoms with Crippen LogP contribution in [-0.4, -0.2) is 64.1 Å². The van der Waals surface area contributed by atoms with Gasteiger partial charge in [0.05, 0.1) is 11.2 Å². The molecule has 2 aliphatic heterocycles. The quantitative estimate of drug-likeness (QED) is 0.153. The average Bonchev–Trinajstić information content (AvgIpc) is 2.93. The van der Waals surface area contributed by atoms with Crippen LogP contribution in [0.25, 0.3) is 0 Å². The Hall–Kier alpha value is -4.71. The zero-order valence-electron chi connectivity index (χ0n) is 24.2. The van der Waals surface area contributed by atoms with E-state index in [1.165, 1.54) is 6.07 Å². The molecule has 5 atom stereocenters. The zero-order valence-corrected chi connectivity index (χ0v) is 24.2. The van der Waals surface area contributed by atoms with Crippen LogP contribution in [0.2, 0.25) is 0 Å². The maximum absolute atomic E-state index is 13.2. The van der Waals surface area contributed by atoms with Gasteiger partial charge in [0.1, 0.15) is 29.0 Å². The van der Waals surface area contributed by atoms with E-state index in [0.29, 0.717) is 36.1 Å². The Morgan fingerprint density at radius 2 is 1.50 bits per heavy atom. The van der Waals surface area contributed by atoms with Crippen molar-refractivity contribution >= 4 is 5.97 Å². The number of carbonyl (C=O) groups is 1. The normalized spacial score (nSPS) is 25.6. The second-order valence-electron chi connectivity index (χ2n) is 12.7. The Morgan fingerprint density at radius 3 is 2.09 bits per heavy atom. The molecule has 3 aromatic carbocycles. The largest absolute Gasteiger partial charge is 0.507 e. The predicted octanol–water partition coefficient (Wildman–Crippen LogP) is 4.33. The highest BCUT2D eigenvalue weighted by atomic mass is 16.6. The standard InChI is InChI=1S/C32H34O12/c1-31(2,41)17-4-5-32(3)12-16(17)25-23(44-32)11-18(33)15-10-24(42-30(40)14-8-21(36)27(39)22(37)9-14)28(43-29(15)25)13-6-19(34)26(38)20(35)7-13/h6-9,11,16-17,24,28,33-39,41H,4-5,10,12H2,1-3H3/t16-,17+,24+,28+,32-/m0/s1. The smallest absolute Gasteiger partial charge is 0.338 e. The number of rotatable bonds is 4. The van der Waals surface area contributed by atoms with Gasteiger partial charge in [-0.25, -0.2) is 4.79 Å². The summed E-state index contributed by atoms with van der Waals surface area (Å²) < 4.78 is 18.7. The number of fused-ring (bicyclic) bond motifs is 6. The minimum Gasteiger partial charge on any atom is -0.507 e. The Balaban J connectivity index is 1.48. The number of phenolic OH excluding ortho intramolecular Hbond substituents is 7. The number of aromatic hydroxyl groups is 7. The van der Waals surface area contributed by atoms with Crippen LogP contribution >= 0.6 is 0 Å². The molecule has 3 aliphatic rings. The summed E-state index contributed by atoms with van der Waals surface area (Å²) in [6, 6.07) is 5.59. The monoisotopic (exact) mass is 610 g/mol. The van der Waals surface area contributed by atoms with Crippen molar-refractivity contribution in [1.82, 2.24) is 0 Å². The van der Waals surface area contributed by atoms with Gasteiger partial charge in [-0.1, -0.05) is 0 Å². The lowest BCUT2D eigenvalue weighted by atomic mass is 9.62. The molecule has 6 rings (SSSR count). The lowest BCUT2D eigenvalue weighted by Crippen LogP contribution is -2.49. The number of aliphatic hydroxyl groups is 1. The number of hydrogen-bond acceptors (Lipinski definition) is 12. The lowest BCUT2D eigenvalue weighted by Gasteiger charge is -2.51. The molecule has 12 heteroatoms. The number of esters is 1. The first-order valence-corrected chi connectivity index (χ1v) is 14.2. The van der Waals surface area contributed by atoms with Gasteiger partial charge in [-0.15, -0.1) is 0 Å². The molecule has 3 aromatic rings. The van der Waals surface area contributed by atoms with Crippen LogP contribution in [0.3, 0.4) is 0 Å². The summed E-state index contributed by atoms with van der Waals surface area (Å²) in [6.07, 6.45) is -0.563. The van der Waals surface area contributed by atoms with Gasteiger partial charge in [-0.2, -0.15) is 0 Å². The van der Waals surface area contributed by atoms with Crippen LogP contribution in [0.15, 0.2) is 30.3 Å². The zero-order chi connectivity index (χ0) is 31.9. The summed E-state index contributed by atoms with van der Waals surface area (Å²) in [7, 11) is 0. The van der Waals surface area contributed by atoms with E-state index in [1.807, 2.05) is 6.92 Å². The molecule has 0 aromatic heterocycles. The second kappa shape index (κ2) is 9.91. The first-order valence-electron chi connectivity index (χ1n) is 14.2. The van der Waals surface area contributed by atoms with Crippen molar-refractivity contribution in [3.63, 3.8) is 0 Å². The third-order valence-electron chi connectivity index (χ3n) is 9.09. The van der Waals surface area contributed by atoms with E-state index in [1.54, 1.807) is 13.8 Å². The van der Waals surface area contributed by atoms with Crippen LogP contribution in [0, 0.1) is 5.92 Å². The van der Waals surface area contributed by atoms with Crippen molar-refractivity contribution in [3.05, 3.63) is 52.6 Å². The fourth-order valence-electron chi connectivity index (χ4n) is 6.94. The van der Waals surface area contributed by atoms with Gasteiger partial charge in [0.15, 0.2) is 40.6 Å². The molecular formula is C32H34O12. The first kappa shape index (κ1) is 29.4. The van der Waals surface area contributed by atoms with E-state index in [2.05, 4.69) is 0 Å². The molecule has 0 spiro atoms. The van der Waals surface area contributed by atoms with Crippen molar-refractivity contribution in [2.75, 3.05) is 0 Å². The predicted molar refractivity (Wildman–Crippen MR) is 153 cm³/mol. The van der Waals surface area contributed by atoms with Gasteiger partial charge < -0.3 is 55.1 Å². The van der Waals surface area contributed by atoms with Gasteiger partial charge in [0.2, 0.25) is 0 Å². The summed E-state index contributed by atoms with van der Waals surface area (Å²) >= 11 is 0. The van der Waals surface area contributed by atoms with Crippen molar-refractivity contribution in [2.45, 2.75) is 75.8 Å². The van der Waals surface area contributed by atoms with Gasteiger partial charge in [-0.3, -0.25) is 0 Å². The third-order valence-corrected chi connectivity index (χ3v) is 9.09. The van der Waals surface area contributed by atoms with Gasteiger partial charge in [0, 0.05) is 35.1 Å². The van der Waals surface area contributed by atoms with E-state index < -0.39 is 63.9 Å². The maximum Gasteiger partial charge on any atom is 0.338 e. The molecule has 8 N–H and O–H groups in total. The van der Waals surface area contributed by atoms with Crippen LogP contribution in [0.5, 0.6) is 51.7 Å². The number of carbonyl (C=O) groups excluding carboxylic acids is 1. The Labute approximate surface area is 251 Å². The summed E-state index contributed by atoms with van der Waals surface area (Å²) in [5.74, 6) is -5.34. The molecule has 1 aliphatic carbocycles. The number of hydrogen-bond donors (Lipinski definition) is 8. The van der Waals surface area contributed by atoms with E-state index in [-0.39, 0.29) is 40.9 Å². The molecule has 1 saturated carbocycles. The van der Waals surface area contributed by atoms with Gasteiger partial charge >= 0.3 is 5.97 Å². The molecule has 0 saturated heterocycles. The lowest BCUT2D eigenvalue weighted by molar-refractivity contribution is -0.0685. The fraction of sp³-hybridized carbons (Fsp3) is 0.406. The molecule has 44 heavy (non-hydrogen) atoms. The Morgan fingerprint density at radius 1 is 0.909 bits per heavy atom. The van der Waals surface area contributed by atoms with Crippen LogP contribution in [-0.2, 0) is 11.2 Å². The SMILES string of the molecule is CC(C)(O)[C@@H]1CC[C@@]2(C)C[C@@H]1c1c(cc(O)c3c1O[C@H](c1cc(O)c(O)c(O)c1)[C@H](OC(=O)c1cc(O)c(O)c(O)c1)C3)O2. The molecular weight excluding hydrogens is 576 g/mol. The molecule has 2 bridgehead atoms. The Bertz CT molecular complexity index is 1630. The highest BCUT2D eigenvalue weighted by molar-refractivity contribution is 5.91. The van der Waals surface area contributed by atoms with Crippen molar-refractivity contribution in [3.8, 4) is 51.7 Å².